The van der Waals surface area contributed by atoms with Crippen molar-refractivity contribution >= 4 is 0 Å². The Morgan fingerprint density at radius 3 is 2.64 bits per heavy atom. The molecule has 0 saturated carbocycles. The number of allylic oxidation sites excluding steroid dienone is 2. The fraction of sp³-hybridized carbons (Fsp3) is 0.500. The van der Waals surface area contributed by atoms with E-state index in [2.05, 4.69) is 27.0 Å². The van der Waals surface area contributed by atoms with E-state index in [9.17, 15) is 0 Å². The van der Waals surface area contributed by atoms with Crippen LogP contribution < -0.4 is 0 Å². The predicted octanol–water partition coefficient (Wildman–Crippen LogP) is 3.28. The Morgan fingerprint density at radius 1 is 1.43 bits per heavy atom. The minimum absolute atomic E-state index is 0.475. The standard InChI is InChI=1S/C12H20O2/c1-5-8-12(14-7-3)10-13-9-11(4)6-2/h5,7-8,11H,1,3,6,9-10H2,2,4H3/b12-8-. The molecule has 0 fully saturated rings. The van der Waals surface area contributed by atoms with Gasteiger partial charge in [-0.1, -0.05) is 39.5 Å². The van der Waals surface area contributed by atoms with E-state index < -0.39 is 0 Å². The van der Waals surface area contributed by atoms with Gasteiger partial charge >= 0.3 is 0 Å². The van der Waals surface area contributed by atoms with E-state index in [0.717, 1.165) is 18.8 Å². The maximum absolute atomic E-state index is 5.46. The lowest BCUT2D eigenvalue weighted by Gasteiger charge is -2.10. The maximum Gasteiger partial charge on any atom is 0.129 e. The summed E-state index contributed by atoms with van der Waals surface area (Å²) in [5.74, 6) is 1.32. The first-order valence-electron chi connectivity index (χ1n) is 4.91. The smallest absolute Gasteiger partial charge is 0.129 e. The molecule has 0 aliphatic heterocycles. The van der Waals surface area contributed by atoms with E-state index >= 15 is 0 Å². The van der Waals surface area contributed by atoms with Crippen molar-refractivity contribution in [2.24, 2.45) is 5.92 Å². The van der Waals surface area contributed by atoms with Crippen LogP contribution in [-0.4, -0.2) is 13.2 Å². The second kappa shape index (κ2) is 8.57. The molecule has 0 aliphatic carbocycles. The van der Waals surface area contributed by atoms with Gasteiger partial charge in [0.15, 0.2) is 0 Å². The Balaban J connectivity index is 3.76. The molecule has 0 aromatic heterocycles. The zero-order valence-corrected chi connectivity index (χ0v) is 9.16. The number of rotatable bonds is 8. The molecule has 14 heavy (non-hydrogen) atoms. The number of hydrogen-bond donors (Lipinski definition) is 0. The molecule has 0 aliphatic rings. The first kappa shape index (κ1) is 13.0. The molecule has 2 nitrogen and oxygen atoms in total. The summed E-state index contributed by atoms with van der Waals surface area (Å²) in [6.07, 6.45) is 5.97. The van der Waals surface area contributed by atoms with Crippen molar-refractivity contribution in [2.45, 2.75) is 20.3 Å². The molecule has 0 N–H and O–H groups in total. The van der Waals surface area contributed by atoms with Crippen molar-refractivity contribution in [1.29, 1.82) is 0 Å². The average molecular weight is 196 g/mol. The van der Waals surface area contributed by atoms with E-state index in [1.807, 2.05) is 0 Å². The fourth-order valence-electron chi connectivity index (χ4n) is 0.838. The minimum atomic E-state index is 0.475. The van der Waals surface area contributed by atoms with Crippen molar-refractivity contribution < 1.29 is 9.47 Å². The quantitative estimate of drug-likeness (QED) is 0.438. The summed E-state index contributed by atoms with van der Waals surface area (Å²) < 4.78 is 10.6. The molecule has 0 amide bonds. The van der Waals surface area contributed by atoms with Gasteiger partial charge < -0.3 is 9.47 Å². The first-order valence-corrected chi connectivity index (χ1v) is 4.91. The van der Waals surface area contributed by atoms with Crippen LogP contribution in [0.15, 0.2) is 37.3 Å². The Morgan fingerprint density at radius 2 is 2.14 bits per heavy atom. The van der Waals surface area contributed by atoms with Gasteiger partial charge in [-0.2, -0.15) is 0 Å². The SMILES string of the molecule is C=C/C=C(/COCC(C)CC)OC=C. The highest BCUT2D eigenvalue weighted by Crippen LogP contribution is 2.04. The van der Waals surface area contributed by atoms with Crippen molar-refractivity contribution in [3.63, 3.8) is 0 Å². The summed E-state index contributed by atoms with van der Waals surface area (Å²) in [6.45, 7) is 12.6. The molecular formula is C12H20O2. The predicted molar refractivity (Wildman–Crippen MR) is 59.8 cm³/mol. The van der Waals surface area contributed by atoms with Gasteiger partial charge in [-0.25, -0.2) is 0 Å². The summed E-state index contributed by atoms with van der Waals surface area (Å²) in [4.78, 5) is 0. The van der Waals surface area contributed by atoms with Crippen LogP contribution in [0.1, 0.15) is 20.3 Å². The third kappa shape index (κ3) is 6.49. The lowest BCUT2D eigenvalue weighted by Crippen LogP contribution is -2.07. The highest BCUT2D eigenvalue weighted by molar-refractivity contribution is 5.05. The largest absolute Gasteiger partial charge is 0.468 e. The van der Waals surface area contributed by atoms with Crippen LogP contribution in [0.2, 0.25) is 0 Å². The van der Waals surface area contributed by atoms with E-state index in [1.54, 1.807) is 12.2 Å². The number of ether oxygens (including phenoxy) is 2. The monoisotopic (exact) mass is 196 g/mol. The van der Waals surface area contributed by atoms with Crippen LogP contribution in [-0.2, 0) is 9.47 Å². The zero-order valence-electron chi connectivity index (χ0n) is 9.16. The zero-order chi connectivity index (χ0) is 10.8. The van der Waals surface area contributed by atoms with Gasteiger partial charge in [-0.05, 0) is 12.0 Å². The molecule has 0 saturated heterocycles. The molecule has 0 aromatic carbocycles. The second-order valence-corrected chi connectivity index (χ2v) is 3.18. The fourth-order valence-corrected chi connectivity index (χ4v) is 0.838. The lowest BCUT2D eigenvalue weighted by atomic mass is 10.1. The maximum atomic E-state index is 5.46. The van der Waals surface area contributed by atoms with Crippen molar-refractivity contribution in [2.75, 3.05) is 13.2 Å². The van der Waals surface area contributed by atoms with Gasteiger partial charge in [0.05, 0.1) is 6.26 Å². The van der Waals surface area contributed by atoms with Crippen LogP contribution >= 0.6 is 0 Å². The molecular weight excluding hydrogens is 176 g/mol. The van der Waals surface area contributed by atoms with E-state index in [1.165, 1.54) is 6.26 Å². The average Bonchev–Trinajstić information content (AvgIpc) is 2.18. The normalized spacial score (nSPS) is 13.4. The van der Waals surface area contributed by atoms with Gasteiger partial charge in [0.25, 0.3) is 0 Å². The molecule has 0 radical (unpaired) electrons. The molecule has 0 aromatic rings. The summed E-state index contributed by atoms with van der Waals surface area (Å²) >= 11 is 0. The summed E-state index contributed by atoms with van der Waals surface area (Å²) in [5.41, 5.74) is 0. The Kier molecular flexibility index (Phi) is 7.95. The molecule has 0 bridgehead atoms. The summed E-state index contributed by atoms with van der Waals surface area (Å²) in [6, 6.07) is 0. The number of hydrogen-bond acceptors (Lipinski definition) is 2. The minimum Gasteiger partial charge on any atom is -0.468 e. The summed E-state index contributed by atoms with van der Waals surface area (Å²) in [5, 5.41) is 0. The molecule has 0 rings (SSSR count). The second-order valence-electron chi connectivity index (χ2n) is 3.18. The topological polar surface area (TPSA) is 18.5 Å². The van der Waals surface area contributed by atoms with Gasteiger partial charge in [-0.3, -0.25) is 0 Å². The van der Waals surface area contributed by atoms with E-state index in [4.69, 9.17) is 9.47 Å². The van der Waals surface area contributed by atoms with Gasteiger partial charge in [0.1, 0.15) is 12.4 Å². The van der Waals surface area contributed by atoms with Crippen LogP contribution in [0, 0.1) is 5.92 Å². The summed E-state index contributed by atoms with van der Waals surface area (Å²) in [7, 11) is 0. The Hall–Kier alpha value is -1.02. The Bertz CT molecular complexity index is 194. The van der Waals surface area contributed by atoms with Gasteiger partial charge in [0.2, 0.25) is 0 Å². The highest BCUT2D eigenvalue weighted by atomic mass is 16.5. The van der Waals surface area contributed by atoms with Crippen molar-refractivity contribution in [1.82, 2.24) is 0 Å². The van der Waals surface area contributed by atoms with Crippen LogP contribution in [0.25, 0.3) is 0 Å². The third-order valence-corrected chi connectivity index (χ3v) is 1.88. The van der Waals surface area contributed by atoms with Crippen LogP contribution in [0.3, 0.4) is 0 Å². The van der Waals surface area contributed by atoms with Crippen LogP contribution in [0.5, 0.6) is 0 Å². The van der Waals surface area contributed by atoms with E-state index in [0.29, 0.717) is 12.5 Å². The van der Waals surface area contributed by atoms with Gasteiger partial charge in [0, 0.05) is 6.61 Å². The highest BCUT2D eigenvalue weighted by Gasteiger charge is 2.00. The molecule has 1 unspecified atom stereocenters. The van der Waals surface area contributed by atoms with Gasteiger partial charge in [-0.15, -0.1) is 0 Å². The van der Waals surface area contributed by atoms with Crippen molar-refractivity contribution in [3.8, 4) is 0 Å². The molecule has 2 heteroatoms. The molecule has 0 heterocycles. The third-order valence-electron chi connectivity index (χ3n) is 1.88. The van der Waals surface area contributed by atoms with Crippen molar-refractivity contribution in [3.05, 3.63) is 37.3 Å². The molecule has 80 valence electrons. The molecule has 0 spiro atoms. The van der Waals surface area contributed by atoms with E-state index in [-0.39, 0.29) is 0 Å². The lowest BCUT2D eigenvalue weighted by molar-refractivity contribution is 0.0969. The van der Waals surface area contributed by atoms with Crippen LogP contribution in [0.4, 0.5) is 0 Å². The first-order chi connectivity index (χ1) is 6.74. The Labute approximate surface area is 86.9 Å². The molecule has 1 atom stereocenters.